The maximum Gasteiger partial charge on any atom is 0.296 e. The highest BCUT2D eigenvalue weighted by Gasteiger charge is 2.30. The molecule has 1 amide bonds. The topological polar surface area (TPSA) is 127 Å². The monoisotopic (exact) mass is 613 g/mol. The Morgan fingerprint density at radius 3 is 2.52 bits per heavy atom. The van der Waals surface area contributed by atoms with Crippen LogP contribution in [-0.4, -0.2) is 87.2 Å². The van der Waals surface area contributed by atoms with E-state index in [4.69, 9.17) is 14.5 Å². The SMILES string of the molecule is CC1(O)CCC(NCC(=O)NC2CCC(Oc3cc(-n4c(C(F)F)nc5ccccc54)nc(N4CCOCC4)n3)CC2)CC1. The molecule has 1 aromatic carbocycles. The average Bonchev–Trinajstić information content (AvgIpc) is 3.42. The number of aliphatic hydroxyl groups is 1. The lowest BCUT2D eigenvalue weighted by Crippen LogP contribution is -2.47. The highest BCUT2D eigenvalue weighted by atomic mass is 19.3. The van der Waals surface area contributed by atoms with E-state index in [1.165, 1.54) is 4.57 Å². The van der Waals surface area contributed by atoms with Crippen molar-refractivity contribution in [3.63, 3.8) is 0 Å². The number of morpholine rings is 1. The van der Waals surface area contributed by atoms with Gasteiger partial charge in [0.05, 0.1) is 36.4 Å². The van der Waals surface area contributed by atoms with Gasteiger partial charge in [0.2, 0.25) is 17.7 Å². The lowest BCUT2D eigenvalue weighted by molar-refractivity contribution is -0.121. The van der Waals surface area contributed by atoms with E-state index in [0.29, 0.717) is 49.2 Å². The number of hydrogen-bond acceptors (Lipinski definition) is 9. The molecule has 0 spiro atoms. The van der Waals surface area contributed by atoms with Crippen molar-refractivity contribution in [2.45, 2.75) is 88.5 Å². The van der Waals surface area contributed by atoms with Gasteiger partial charge in [0, 0.05) is 31.2 Å². The summed E-state index contributed by atoms with van der Waals surface area (Å²) in [4.78, 5) is 28.1. The minimum absolute atomic E-state index is 0.0234. The zero-order chi connectivity index (χ0) is 30.7. The number of amides is 1. The number of para-hydroxylation sites is 2. The molecular formula is C31H41F2N7O4. The van der Waals surface area contributed by atoms with Crippen LogP contribution in [0.4, 0.5) is 14.7 Å². The molecule has 238 valence electrons. The largest absolute Gasteiger partial charge is 0.474 e. The molecule has 3 heterocycles. The van der Waals surface area contributed by atoms with Gasteiger partial charge < -0.3 is 30.1 Å². The molecule has 2 aromatic heterocycles. The van der Waals surface area contributed by atoms with Crippen molar-refractivity contribution in [1.29, 1.82) is 0 Å². The quantitative estimate of drug-likeness (QED) is 0.331. The maximum absolute atomic E-state index is 14.1. The number of nitrogens with one attached hydrogen (secondary N) is 2. The molecule has 3 aromatic rings. The van der Waals surface area contributed by atoms with Gasteiger partial charge in [0.15, 0.2) is 5.82 Å². The number of carbonyl (C=O) groups is 1. The Hall–Kier alpha value is -3.42. The first-order valence-corrected chi connectivity index (χ1v) is 15.6. The van der Waals surface area contributed by atoms with Crippen LogP contribution in [-0.2, 0) is 9.53 Å². The minimum Gasteiger partial charge on any atom is -0.474 e. The number of rotatable bonds is 9. The molecule has 3 fully saturated rings. The van der Waals surface area contributed by atoms with E-state index in [-0.39, 0.29) is 42.3 Å². The second kappa shape index (κ2) is 13.3. The lowest BCUT2D eigenvalue weighted by Gasteiger charge is -2.33. The Labute approximate surface area is 255 Å². The van der Waals surface area contributed by atoms with Crippen molar-refractivity contribution in [2.75, 3.05) is 37.7 Å². The summed E-state index contributed by atoms with van der Waals surface area (Å²) < 4.78 is 41.5. The first kappa shape index (κ1) is 30.6. The molecule has 0 bridgehead atoms. The number of imidazole rings is 1. The number of benzene rings is 1. The van der Waals surface area contributed by atoms with Crippen LogP contribution in [0.5, 0.6) is 5.88 Å². The Bertz CT molecular complexity index is 1430. The molecule has 13 heteroatoms. The smallest absolute Gasteiger partial charge is 0.296 e. The Kier molecular flexibility index (Phi) is 9.24. The molecule has 0 unspecified atom stereocenters. The van der Waals surface area contributed by atoms with E-state index in [1.54, 1.807) is 30.3 Å². The van der Waals surface area contributed by atoms with Gasteiger partial charge in [-0.3, -0.25) is 9.36 Å². The summed E-state index contributed by atoms with van der Waals surface area (Å²) in [7, 11) is 0. The van der Waals surface area contributed by atoms with Crippen LogP contribution < -0.4 is 20.3 Å². The third-order valence-electron chi connectivity index (χ3n) is 8.92. The predicted molar refractivity (Wildman–Crippen MR) is 160 cm³/mol. The summed E-state index contributed by atoms with van der Waals surface area (Å²) >= 11 is 0. The minimum atomic E-state index is -2.80. The second-order valence-corrected chi connectivity index (χ2v) is 12.4. The molecular weight excluding hydrogens is 572 g/mol. The number of anilines is 1. The van der Waals surface area contributed by atoms with Crippen molar-refractivity contribution in [2.24, 2.45) is 0 Å². The highest BCUT2D eigenvalue weighted by molar-refractivity contribution is 5.78. The molecule has 2 aliphatic carbocycles. The molecule has 3 aliphatic rings. The standard InChI is InChI=1S/C31H41F2N7O4/c1-31(42)12-10-20(11-13-31)34-19-26(41)35-21-6-8-22(9-7-21)44-27-18-25(37-30(38-27)39-14-16-43-17-15-39)40-24-5-3-2-4-23(24)36-29(40)28(32)33/h2-5,18,20-22,28,34,42H,6-17,19H2,1H3,(H,35,41). The third kappa shape index (κ3) is 7.27. The average molecular weight is 614 g/mol. The highest BCUT2D eigenvalue weighted by Crippen LogP contribution is 2.31. The molecule has 0 radical (unpaired) electrons. The van der Waals surface area contributed by atoms with E-state index < -0.39 is 12.0 Å². The predicted octanol–water partition coefficient (Wildman–Crippen LogP) is 3.68. The summed E-state index contributed by atoms with van der Waals surface area (Å²) in [6, 6.07) is 8.92. The molecule has 1 aliphatic heterocycles. The Morgan fingerprint density at radius 1 is 1.07 bits per heavy atom. The van der Waals surface area contributed by atoms with E-state index in [9.17, 15) is 18.7 Å². The van der Waals surface area contributed by atoms with E-state index >= 15 is 0 Å². The number of hydrogen-bond donors (Lipinski definition) is 3. The fourth-order valence-electron chi connectivity index (χ4n) is 6.37. The van der Waals surface area contributed by atoms with E-state index in [1.807, 2.05) is 11.8 Å². The second-order valence-electron chi connectivity index (χ2n) is 12.4. The van der Waals surface area contributed by atoms with Crippen LogP contribution in [0.3, 0.4) is 0 Å². The van der Waals surface area contributed by atoms with Gasteiger partial charge in [0.25, 0.3) is 6.43 Å². The molecule has 6 rings (SSSR count). The van der Waals surface area contributed by atoms with Crippen LogP contribution in [0.1, 0.15) is 70.5 Å². The molecule has 11 nitrogen and oxygen atoms in total. The number of ether oxygens (including phenoxy) is 2. The van der Waals surface area contributed by atoms with Crippen LogP contribution in [0, 0.1) is 0 Å². The first-order valence-electron chi connectivity index (χ1n) is 15.6. The Morgan fingerprint density at radius 2 is 1.80 bits per heavy atom. The normalized spacial score (nSPS) is 26.2. The van der Waals surface area contributed by atoms with Gasteiger partial charge in [0.1, 0.15) is 11.9 Å². The van der Waals surface area contributed by atoms with Crippen molar-refractivity contribution in [3.8, 4) is 11.7 Å². The van der Waals surface area contributed by atoms with Crippen molar-refractivity contribution in [3.05, 3.63) is 36.2 Å². The maximum atomic E-state index is 14.1. The molecule has 2 saturated carbocycles. The zero-order valence-corrected chi connectivity index (χ0v) is 25.1. The number of carbonyl (C=O) groups excluding carboxylic acids is 1. The van der Waals surface area contributed by atoms with E-state index in [0.717, 1.165) is 51.4 Å². The summed E-state index contributed by atoms with van der Waals surface area (Å²) in [5.41, 5.74) is 0.391. The Balaban J connectivity index is 1.11. The van der Waals surface area contributed by atoms with Crippen molar-refractivity contribution < 1.29 is 28.2 Å². The first-order chi connectivity index (χ1) is 21.2. The lowest BCUT2D eigenvalue weighted by atomic mass is 9.84. The van der Waals surface area contributed by atoms with E-state index in [2.05, 4.69) is 20.6 Å². The van der Waals surface area contributed by atoms with Crippen LogP contribution in [0.15, 0.2) is 30.3 Å². The van der Waals surface area contributed by atoms with Crippen LogP contribution >= 0.6 is 0 Å². The fraction of sp³-hybridized carbons (Fsp3) is 0.613. The number of alkyl halides is 2. The summed E-state index contributed by atoms with van der Waals surface area (Å²) in [6.07, 6.45) is 3.24. The van der Waals surface area contributed by atoms with Crippen molar-refractivity contribution >= 4 is 22.9 Å². The number of fused-ring (bicyclic) bond motifs is 1. The zero-order valence-electron chi connectivity index (χ0n) is 25.1. The van der Waals surface area contributed by atoms with Crippen LogP contribution in [0.2, 0.25) is 0 Å². The molecule has 1 saturated heterocycles. The fourth-order valence-corrected chi connectivity index (χ4v) is 6.37. The third-order valence-corrected chi connectivity index (χ3v) is 8.92. The van der Waals surface area contributed by atoms with Gasteiger partial charge in [-0.05, 0) is 70.4 Å². The van der Waals surface area contributed by atoms with Gasteiger partial charge in [-0.2, -0.15) is 9.97 Å². The van der Waals surface area contributed by atoms with Gasteiger partial charge in [-0.25, -0.2) is 13.8 Å². The van der Waals surface area contributed by atoms with Gasteiger partial charge in [-0.15, -0.1) is 0 Å². The van der Waals surface area contributed by atoms with Crippen LogP contribution in [0.25, 0.3) is 16.9 Å². The van der Waals surface area contributed by atoms with Crippen molar-refractivity contribution in [1.82, 2.24) is 30.2 Å². The van der Waals surface area contributed by atoms with Gasteiger partial charge in [-0.1, -0.05) is 12.1 Å². The summed E-state index contributed by atoms with van der Waals surface area (Å²) in [6.45, 7) is 4.34. The van der Waals surface area contributed by atoms with Gasteiger partial charge >= 0.3 is 0 Å². The summed E-state index contributed by atoms with van der Waals surface area (Å²) in [5.74, 6) is 0.580. The molecule has 44 heavy (non-hydrogen) atoms. The number of nitrogens with zero attached hydrogens (tertiary/aromatic N) is 5. The number of aromatic nitrogens is 4. The molecule has 3 N–H and O–H groups in total. The number of halogens is 2. The molecule has 0 atom stereocenters. The summed E-state index contributed by atoms with van der Waals surface area (Å²) in [5, 5.41) is 16.6.